The summed E-state index contributed by atoms with van der Waals surface area (Å²) < 4.78 is 5.05. The summed E-state index contributed by atoms with van der Waals surface area (Å²) in [6.45, 7) is 0. The average Bonchev–Trinajstić information content (AvgIpc) is 2.41. The third kappa shape index (κ3) is 2.74. The molecule has 6 nitrogen and oxygen atoms in total. The Bertz CT molecular complexity index is 664. The predicted molar refractivity (Wildman–Crippen MR) is 72.4 cm³/mol. The number of aromatic nitrogens is 1. The number of hydrogen-bond acceptors (Lipinski definition) is 4. The van der Waals surface area contributed by atoms with Gasteiger partial charge in [0.05, 0.1) is 18.5 Å². The molecule has 2 rings (SSSR count). The minimum absolute atomic E-state index is 0.0183. The van der Waals surface area contributed by atoms with E-state index in [0.29, 0.717) is 17.1 Å². The van der Waals surface area contributed by atoms with E-state index >= 15 is 0 Å². The van der Waals surface area contributed by atoms with Gasteiger partial charge in [-0.15, -0.1) is 0 Å². The summed E-state index contributed by atoms with van der Waals surface area (Å²) in [7, 11) is 1.51. The maximum Gasteiger partial charge on any atom is 0.261 e. The van der Waals surface area contributed by atoms with E-state index in [9.17, 15) is 9.59 Å². The van der Waals surface area contributed by atoms with Crippen molar-refractivity contribution >= 4 is 17.3 Å². The zero-order chi connectivity index (χ0) is 13.8. The fraction of sp³-hybridized carbons (Fsp3) is 0.0769. The molecular formula is C13H13N3O3. The first-order valence-corrected chi connectivity index (χ1v) is 5.54. The molecule has 1 aromatic carbocycles. The van der Waals surface area contributed by atoms with Gasteiger partial charge in [0.2, 0.25) is 0 Å². The standard InChI is InChI=1S/C13H13N3O3/c1-19-8-2-3-10(14)11(6-8)16-13(18)9-7-15-5-4-12(9)17/h2-7H,14H2,1H3,(H,15,17)(H,16,18). The SMILES string of the molecule is COc1ccc(N)c(NC(=O)c2c[nH]ccc2=O)c1. The summed E-state index contributed by atoms with van der Waals surface area (Å²) in [5.74, 6) is 0.0354. The molecule has 98 valence electrons. The largest absolute Gasteiger partial charge is 0.497 e. The Hall–Kier alpha value is -2.76. The number of carbonyl (C=O) groups excluding carboxylic acids is 1. The number of benzene rings is 1. The average molecular weight is 259 g/mol. The van der Waals surface area contributed by atoms with Crippen LogP contribution in [0, 0.1) is 0 Å². The van der Waals surface area contributed by atoms with E-state index in [2.05, 4.69) is 10.3 Å². The van der Waals surface area contributed by atoms with E-state index in [0.717, 1.165) is 0 Å². The third-order valence-corrected chi connectivity index (χ3v) is 2.58. The number of anilines is 2. The monoisotopic (exact) mass is 259 g/mol. The summed E-state index contributed by atoms with van der Waals surface area (Å²) in [5.41, 5.74) is 6.19. The van der Waals surface area contributed by atoms with Crippen LogP contribution >= 0.6 is 0 Å². The molecule has 2 aromatic rings. The Kier molecular flexibility index (Phi) is 3.51. The smallest absolute Gasteiger partial charge is 0.261 e. The lowest BCUT2D eigenvalue weighted by Gasteiger charge is -2.09. The van der Waals surface area contributed by atoms with Crippen molar-refractivity contribution in [1.29, 1.82) is 0 Å². The van der Waals surface area contributed by atoms with Crippen molar-refractivity contribution in [3.05, 3.63) is 52.4 Å². The van der Waals surface area contributed by atoms with E-state index in [1.165, 1.54) is 25.6 Å². The molecule has 0 radical (unpaired) electrons. The van der Waals surface area contributed by atoms with Gasteiger partial charge in [0.25, 0.3) is 5.91 Å². The fourth-order valence-corrected chi connectivity index (χ4v) is 1.55. The second-order valence-corrected chi connectivity index (χ2v) is 3.83. The number of pyridine rings is 1. The van der Waals surface area contributed by atoms with E-state index in [1.807, 2.05) is 0 Å². The van der Waals surface area contributed by atoms with Crippen molar-refractivity contribution in [2.24, 2.45) is 0 Å². The van der Waals surface area contributed by atoms with Gasteiger partial charge >= 0.3 is 0 Å². The number of H-pyrrole nitrogens is 1. The number of ether oxygens (including phenoxy) is 1. The third-order valence-electron chi connectivity index (χ3n) is 2.58. The summed E-state index contributed by atoms with van der Waals surface area (Å²) in [6.07, 6.45) is 2.80. The van der Waals surface area contributed by atoms with Crippen molar-refractivity contribution in [3.8, 4) is 5.75 Å². The number of hydrogen-bond donors (Lipinski definition) is 3. The van der Waals surface area contributed by atoms with Crippen molar-refractivity contribution in [2.45, 2.75) is 0 Å². The zero-order valence-corrected chi connectivity index (χ0v) is 10.3. The molecule has 0 atom stereocenters. The number of nitrogens with two attached hydrogens (primary N) is 1. The van der Waals surface area contributed by atoms with Crippen molar-refractivity contribution in [2.75, 3.05) is 18.2 Å². The van der Waals surface area contributed by atoms with Crippen LogP contribution in [0.1, 0.15) is 10.4 Å². The van der Waals surface area contributed by atoms with Crippen LogP contribution in [0.4, 0.5) is 11.4 Å². The first kappa shape index (κ1) is 12.7. The highest BCUT2D eigenvalue weighted by Gasteiger charge is 2.11. The lowest BCUT2D eigenvalue weighted by atomic mass is 10.2. The van der Waals surface area contributed by atoms with Crippen molar-refractivity contribution in [3.63, 3.8) is 0 Å². The van der Waals surface area contributed by atoms with Gasteiger partial charge in [-0.25, -0.2) is 0 Å². The summed E-state index contributed by atoms with van der Waals surface area (Å²) >= 11 is 0. The molecule has 4 N–H and O–H groups in total. The van der Waals surface area contributed by atoms with Crippen LogP contribution in [0.15, 0.2) is 41.5 Å². The van der Waals surface area contributed by atoms with E-state index in [1.54, 1.807) is 18.2 Å². The van der Waals surface area contributed by atoms with Gasteiger partial charge in [0.1, 0.15) is 11.3 Å². The molecule has 0 aliphatic heterocycles. The van der Waals surface area contributed by atoms with E-state index < -0.39 is 5.91 Å². The van der Waals surface area contributed by atoms with Crippen LogP contribution in [0.25, 0.3) is 0 Å². The Morgan fingerprint density at radius 3 is 2.84 bits per heavy atom. The Labute approximate surface area is 109 Å². The molecule has 1 aromatic heterocycles. The second-order valence-electron chi connectivity index (χ2n) is 3.83. The van der Waals surface area contributed by atoms with Gasteiger partial charge in [0.15, 0.2) is 5.43 Å². The lowest BCUT2D eigenvalue weighted by molar-refractivity contribution is 0.102. The number of aromatic amines is 1. The molecular weight excluding hydrogens is 246 g/mol. The van der Waals surface area contributed by atoms with Gasteiger partial charge in [-0.05, 0) is 12.1 Å². The van der Waals surface area contributed by atoms with Gasteiger partial charge in [-0.2, -0.15) is 0 Å². The van der Waals surface area contributed by atoms with Crippen LogP contribution in [-0.2, 0) is 0 Å². The molecule has 0 saturated heterocycles. The maximum atomic E-state index is 12.0. The predicted octanol–water partition coefficient (Wildman–Crippen LogP) is 1.22. The maximum absolute atomic E-state index is 12.0. The van der Waals surface area contributed by atoms with Gasteiger partial charge in [-0.1, -0.05) is 0 Å². The molecule has 0 unspecified atom stereocenters. The fourth-order valence-electron chi connectivity index (χ4n) is 1.55. The molecule has 0 aliphatic rings. The molecule has 0 bridgehead atoms. The molecule has 0 fully saturated rings. The molecule has 6 heteroatoms. The zero-order valence-electron chi connectivity index (χ0n) is 10.3. The summed E-state index contributed by atoms with van der Waals surface area (Å²) in [4.78, 5) is 26.2. The minimum Gasteiger partial charge on any atom is -0.497 e. The number of carbonyl (C=O) groups is 1. The highest BCUT2D eigenvalue weighted by molar-refractivity contribution is 6.05. The number of rotatable bonds is 3. The van der Waals surface area contributed by atoms with E-state index in [-0.39, 0.29) is 11.0 Å². The normalized spacial score (nSPS) is 9.95. The van der Waals surface area contributed by atoms with Crippen molar-refractivity contribution < 1.29 is 9.53 Å². The molecule has 19 heavy (non-hydrogen) atoms. The lowest BCUT2D eigenvalue weighted by Crippen LogP contribution is -2.21. The first-order valence-electron chi connectivity index (χ1n) is 5.54. The molecule has 1 heterocycles. The molecule has 0 saturated carbocycles. The highest BCUT2D eigenvalue weighted by Crippen LogP contribution is 2.24. The number of nitrogens with one attached hydrogen (secondary N) is 2. The number of nitrogen functional groups attached to an aromatic ring is 1. The minimum atomic E-state index is -0.526. The second kappa shape index (κ2) is 5.26. The quantitative estimate of drug-likeness (QED) is 0.722. The summed E-state index contributed by atoms with van der Waals surface area (Å²) in [6, 6.07) is 6.16. The van der Waals surface area contributed by atoms with Crippen LogP contribution < -0.4 is 21.2 Å². The van der Waals surface area contributed by atoms with Crippen LogP contribution in [0.2, 0.25) is 0 Å². The van der Waals surface area contributed by atoms with Gasteiger partial charge < -0.3 is 20.8 Å². The molecule has 1 amide bonds. The van der Waals surface area contributed by atoms with E-state index in [4.69, 9.17) is 10.5 Å². The Balaban J connectivity index is 2.29. The Morgan fingerprint density at radius 2 is 2.16 bits per heavy atom. The van der Waals surface area contributed by atoms with Crippen LogP contribution in [0.5, 0.6) is 5.75 Å². The Morgan fingerprint density at radius 1 is 1.37 bits per heavy atom. The number of methoxy groups -OCH3 is 1. The van der Waals surface area contributed by atoms with Crippen LogP contribution in [0.3, 0.4) is 0 Å². The van der Waals surface area contributed by atoms with Gasteiger partial charge in [0, 0.05) is 24.5 Å². The molecule has 0 spiro atoms. The highest BCUT2D eigenvalue weighted by atomic mass is 16.5. The van der Waals surface area contributed by atoms with Gasteiger partial charge in [-0.3, -0.25) is 9.59 Å². The summed E-state index contributed by atoms with van der Waals surface area (Å²) in [5, 5.41) is 2.58. The topological polar surface area (TPSA) is 97.2 Å². The number of amides is 1. The first-order chi connectivity index (χ1) is 9.11. The molecule has 0 aliphatic carbocycles. The van der Waals surface area contributed by atoms with Crippen LogP contribution in [-0.4, -0.2) is 18.0 Å². The van der Waals surface area contributed by atoms with Crippen molar-refractivity contribution in [1.82, 2.24) is 4.98 Å².